The van der Waals surface area contributed by atoms with Crippen LogP contribution in [0.1, 0.15) is 13.8 Å². The van der Waals surface area contributed by atoms with Crippen molar-refractivity contribution in [2.75, 3.05) is 0 Å². The lowest BCUT2D eigenvalue weighted by molar-refractivity contribution is -0.126. The van der Waals surface area contributed by atoms with Crippen molar-refractivity contribution in [2.45, 2.75) is 19.4 Å². The van der Waals surface area contributed by atoms with Crippen molar-refractivity contribution in [3.05, 3.63) is 0 Å². The summed E-state index contributed by atoms with van der Waals surface area (Å²) in [6, 6.07) is 0. The molecule has 2 heteroatoms. The maximum atomic E-state index is 10.1. The van der Waals surface area contributed by atoms with Crippen LogP contribution in [0.4, 0.5) is 0 Å². The van der Waals surface area contributed by atoms with E-state index in [2.05, 4.69) is 0 Å². The highest BCUT2D eigenvalue weighted by Gasteiger charge is 2.10. The molecule has 0 fully saturated rings. The SMILES string of the molecule is CC(C)([O])C=O. The first kappa shape index (κ1) is 5.63. The number of rotatable bonds is 1. The molecule has 35 valence electrons. The predicted molar refractivity (Wildman–Crippen MR) is 20.8 cm³/mol. The molecule has 6 heavy (non-hydrogen) atoms. The maximum Gasteiger partial charge on any atom is 0.154 e. The molecule has 0 bridgehead atoms. The first-order valence-corrected chi connectivity index (χ1v) is 1.73. The lowest BCUT2D eigenvalue weighted by atomic mass is 10.2. The summed E-state index contributed by atoms with van der Waals surface area (Å²) in [7, 11) is 0. The van der Waals surface area contributed by atoms with Gasteiger partial charge in [0.05, 0.1) is 0 Å². The average Bonchev–Trinajstić information content (AvgIpc) is 1.35. The van der Waals surface area contributed by atoms with Gasteiger partial charge in [0, 0.05) is 0 Å². The van der Waals surface area contributed by atoms with E-state index in [-0.39, 0.29) is 0 Å². The molecule has 0 atom stereocenters. The number of aldehydes is 1. The molecule has 0 aliphatic rings. The molecule has 0 saturated heterocycles. The van der Waals surface area contributed by atoms with Crippen molar-refractivity contribution in [1.29, 1.82) is 0 Å². The van der Waals surface area contributed by atoms with E-state index in [0.29, 0.717) is 6.29 Å². The molecule has 0 aliphatic heterocycles. The number of hydrogen-bond acceptors (Lipinski definition) is 1. The van der Waals surface area contributed by atoms with E-state index in [9.17, 15) is 9.90 Å². The maximum absolute atomic E-state index is 10.1. The van der Waals surface area contributed by atoms with E-state index in [1.54, 1.807) is 0 Å². The van der Waals surface area contributed by atoms with Gasteiger partial charge in [-0.1, -0.05) is 0 Å². The zero-order valence-corrected chi connectivity index (χ0v) is 3.89. The second-order valence-electron chi connectivity index (χ2n) is 1.72. The van der Waals surface area contributed by atoms with Crippen LogP contribution >= 0.6 is 0 Å². The van der Waals surface area contributed by atoms with Gasteiger partial charge in [-0.25, -0.2) is 5.11 Å². The third-order valence-corrected chi connectivity index (χ3v) is 0.284. The Labute approximate surface area is 36.8 Å². The molecule has 0 heterocycles. The van der Waals surface area contributed by atoms with E-state index in [0.717, 1.165) is 0 Å². The van der Waals surface area contributed by atoms with Crippen LogP contribution in [0.5, 0.6) is 0 Å². The first-order valence-electron chi connectivity index (χ1n) is 1.73. The van der Waals surface area contributed by atoms with Crippen molar-refractivity contribution >= 4 is 6.29 Å². The van der Waals surface area contributed by atoms with Gasteiger partial charge < -0.3 is 4.79 Å². The van der Waals surface area contributed by atoms with Gasteiger partial charge >= 0.3 is 0 Å². The normalized spacial score (nSPS) is 11.2. The Hall–Kier alpha value is -0.370. The van der Waals surface area contributed by atoms with E-state index in [1.807, 2.05) is 0 Å². The molecule has 0 aromatic heterocycles. The van der Waals surface area contributed by atoms with Crippen molar-refractivity contribution in [3.8, 4) is 0 Å². The van der Waals surface area contributed by atoms with E-state index in [1.165, 1.54) is 13.8 Å². The van der Waals surface area contributed by atoms with Crippen LogP contribution in [0, 0.1) is 0 Å². The van der Waals surface area contributed by atoms with Crippen LogP contribution in [0.25, 0.3) is 0 Å². The van der Waals surface area contributed by atoms with Crippen LogP contribution in [-0.2, 0) is 9.90 Å². The first-order chi connectivity index (χ1) is 2.56. The molecule has 0 aliphatic carbocycles. The van der Waals surface area contributed by atoms with Crippen molar-refractivity contribution in [3.63, 3.8) is 0 Å². The Morgan fingerprint density at radius 3 is 1.67 bits per heavy atom. The Balaban J connectivity index is 3.45. The molecular formula is C4H7O2. The van der Waals surface area contributed by atoms with Crippen LogP contribution in [-0.4, -0.2) is 11.9 Å². The smallest absolute Gasteiger partial charge is 0.154 e. The fourth-order valence-corrected chi connectivity index (χ4v) is 0. The van der Waals surface area contributed by atoms with Crippen LogP contribution in [0.2, 0.25) is 0 Å². The van der Waals surface area contributed by atoms with Gasteiger partial charge in [-0.15, -0.1) is 0 Å². The molecule has 0 spiro atoms. The monoisotopic (exact) mass is 87.0 g/mol. The molecular weight excluding hydrogens is 80.0 g/mol. The highest BCUT2D eigenvalue weighted by Crippen LogP contribution is 1.92. The van der Waals surface area contributed by atoms with Gasteiger partial charge in [0.15, 0.2) is 11.9 Å². The van der Waals surface area contributed by atoms with Crippen molar-refractivity contribution in [1.82, 2.24) is 0 Å². The fraction of sp³-hybridized carbons (Fsp3) is 0.750. The molecule has 0 rings (SSSR count). The van der Waals surface area contributed by atoms with Gasteiger partial charge in [0.2, 0.25) is 0 Å². The van der Waals surface area contributed by atoms with Gasteiger partial charge in [-0.05, 0) is 13.8 Å². The van der Waals surface area contributed by atoms with Crippen LogP contribution in [0.15, 0.2) is 0 Å². The van der Waals surface area contributed by atoms with Crippen molar-refractivity contribution in [2.24, 2.45) is 0 Å². The minimum absolute atomic E-state index is 0.382. The highest BCUT2D eigenvalue weighted by atomic mass is 16.3. The van der Waals surface area contributed by atoms with E-state index < -0.39 is 5.60 Å². The number of carbonyl (C=O) groups is 1. The Bertz CT molecular complexity index is 51.1. The minimum atomic E-state index is -1.39. The molecule has 0 saturated carbocycles. The third kappa shape index (κ3) is 3.63. The number of carbonyl (C=O) groups excluding carboxylic acids is 1. The summed E-state index contributed by atoms with van der Waals surface area (Å²) in [6.45, 7) is 2.64. The lowest BCUT2D eigenvalue weighted by Gasteiger charge is -1.98. The summed E-state index contributed by atoms with van der Waals surface area (Å²) in [6.07, 6.45) is 0.382. The molecule has 0 aromatic rings. The summed E-state index contributed by atoms with van der Waals surface area (Å²) < 4.78 is 0. The van der Waals surface area contributed by atoms with E-state index in [4.69, 9.17) is 0 Å². The van der Waals surface area contributed by atoms with Gasteiger partial charge in [0.1, 0.15) is 0 Å². The Kier molecular flexibility index (Phi) is 1.30. The third-order valence-electron chi connectivity index (χ3n) is 0.284. The van der Waals surface area contributed by atoms with Crippen molar-refractivity contribution < 1.29 is 9.90 Å². The largest absolute Gasteiger partial charge is 0.300 e. The zero-order valence-electron chi connectivity index (χ0n) is 3.89. The highest BCUT2D eigenvalue weighted by molar-refractivity contribution is 5.59. The van der Waals surface area contributed by atoms with Crippen LogP contribution < -0.4 is 0 Å². The topological polar surface area (TPSA) is 37.0 Å². The second kappa shape index (κ2) is 1.39. The average molecular weight is 87.1 g/mol. The van der Waals surface area contributed by atoms with Gasteiger partial charge in [-0.3, -0.25) is 0 Å². The predicted octanol–water partition coefficient (Wildman–Crippen LogP) is 0.394. The standard InChI is InChI=1S/C4H7O2/c1-4(2,6)3-5/h3H,1-2H3. The molecule has 2 nitrogen and oxygen atoms in total. The minimum Gasteiger partial charge on any atom is -0.300 e. The lowest BCUT2D eigenvalue weighted by Crippen LogP contribution is -2.17. The Morgan fingerprint density at radius 2 is 1.67 bits per heavy atom. The quantitative estimate of drug-likeness (QED) is 0.426. The second-order valence-corrected chi connectivity index (χ2v) is 1.72. The number of hydrogen-bond donors (Lipinski definition) is 0. The molecule has 0 N–H and O–H groups in total. The summed E-state index contributed by atoms with van der Waals surface area (Å²) in [5.74, 6) is 0. The summed E-state index contributed by atoms with van der Waals surface area (Å²) in [5.41, 5.74) is -1.39. The molecule has 0 amide bonds. The zero-order chi connectivity index (χ0) is 5.21. The molecule has 0 aromatic carbocycles. The van der Waals surface area contributed by atoms with Gasteiger partial charge in [-0.2, -0.15) is 0 Å². The Morgan fingerprint density at radius 1 is 1.50 bits per heavy atom. The fourth-order valence-electron chi connectivity index (χ4n) is 0. The molecule has 0 unspecified atom stereocenters. The molecule has 1 radical (unpaired) electrons. The van der Waals surface area contributed by atoms with Gasteiger partial charge in [0.25, 0.3) is 0 Å². The van der Waals surface area contributed by atoms with E-state index >= 15 is 0 Å². The summed E-state index contributed by atoms with van der Waals surface area (Å²) in [4.78, 5) is 9.51. The summed E-state index contributed by atoms with van der Waals surface area (Å²) >= 11 is 0. The van der Waals surface area contributed by atoms with Crippen LogP contribution in [0.3, 0.4) is 0 Å². The summed E-state index contributed by atoms with van der Waals surface area (Å²) in [5, 5.41) is 10.1.